The van der Waals surface area contributed by atoms with Crippen molar-refractivity contribution in [1.29, 1.82) is 0 Å². The molecule has 0 N–H and O–H groups in total. The second-order valence-corrected chi connectivity index (χ2v) is 7.06. The van der Waals surface area contributed by atoms with Crippen LogP contribution in [0, 0.1) is 5.92 Å². The monoisotopic (exact) mass is 350 g/mol. The van der Waals surface area contributed by atoms with Crippen LogP contribution in [0.15, 0.2) is 24.3 Å². The first kappa shape index (κ1) is 18.9. The zero-order valence-electron chi connectivity index (χ0n) is 14.8. The quantitative estimate of drug-likeness (QED) is 0.791. The van der Waals surface area contributed by atoms with Crippen LogP contribution in [0.25, 0.3) is 0 Å². The number of nitrogens with zero attached hydrogens (tertiary/aromatic N) is 2. The van der Waals surface area contributed by atoms with Gasteiger partial charge in [0, 0.05) is 50.6 Å². The van der Waals surface area contributed by atoms with Crippen LogP contribution in [0.1, 0.15) is 38.7 Å². The van der Waals surface area contributed by atoms with E-state index in [0.717, 1.165) is 38.2 Å². The Labute approximate surface area is 149 Å². The Morgan fingerprint density at radius 2 is 1.71 bits per heavy atom. The van der Waals surface area contributed by atoms with E-state index in [-0.39, 0.29) is 23.5 Å². The molecule has 0 spiro atoms. The molecule has 0 saturated carbocycles. The second-order valence-electron chi connectivity index (χ2n) is 6.62. The van der Waals surface area contributed by atoms with Gasteiger partial charge in [0.1, 0.15) is 5.78 Å². The molecule has 0 radical (unpaired) electrons. The molecule has 2 atom stereocenters. The number of carbonyl (C=O) groups excluding carboxylic acids is 2. The highest BCUT2D eigenvalue weighted by Crippen LogP contribution is 2.25. The molecule has 1 heterocycles. The Bertz CT molecular complexity index is 565. The normalized spacial score (nSPS) is 18.2. The van der Waals surface area contributed by atoms with Gasteiger partial charge in [-0.15, -0.1) is 0 Å². The Morgan fingerprint density at radius 1 is 1.12 bits per heavy atom. The van der Waals surface area contributed by atoms with Gasteiger partial charge in [-0.1, -0.05) is 37.6 Å². The van der Waals surface area contributed by atoms with Crippen LogP contribution < -0.4 is 0 Å². The van der Waals surface area contributed by atoms with E-state index in [2.05, 4.69) is 4.90 Å². The number of rotatable bonds is 6. The summed E-state index contributed by atoms with van der Waals surface area (Å²) in [6, 6.07) is 7.61. The fourth-order valence-electron chi connectivity index (χ4n) is 3.10. The Hall–Kier alpha value is -1.39. The fraction of sp³-hybridized carbons (Fsp3) is 0.579. The van der Waals surface area contributed by atoms with Crippen molar-refractivity contribution < 1.29 is 9.59 Å². The minimum Gasteiger partial charge on any atom is -0.340 e. The van der Waals surface area contributed by atoms with Gasteiger partial charge in [-0.25, -0.2) is 0 Å². The molecule has 2 rings (SSSR count). The lowest BCUT2D eigenvalue weighted by atomic mass is 9.86. The lowest BCUT2D eigenvalue weighted by Gasteiger charge is -2.36. The van der Waals surface area contributed by atoms with E-state index in [9.17, 15) is 9.59 Å². The van der Waals surface area contributed by atoms with Crippen molar-refractivity contribution in [1.82, 2.24) is 9.80 Å². The molecule has 1 unspecified atom stereocenters. The standard InChI is InChI=1S/C19H27ClN2O2/c1-4-14(2)19(24)18(16-5-7-17(20)8-6-16)13-21-9-11-22(12-10-21)15(3)23/h5-8,14,18H,4,9-13H2,1-3H3/t14?,18-/m1/s1. The summed E-state index contributed by atoms with van der Waals surface area (Å²) in [7, 11) is 0. The maximum atomic E-state index is 12.9. The maximum absolute atomic E-state index is 12.9. The molecule has 1 saturated heterocycles. The van der Waals surface area contributed by atoms with Gasteiger partial charge in [0.15, 0.2) is 0 Å². The Kier molecular flexibility index (Phi) is 6.81. The van der Waals surface area contributed by atoms with Crippen molar-refractivity contribution in [2.45, 2.75) is 33.1 Å². The van der Waals surface area contributed by atoms with Crippen molar-refractivity contribution in [3.8, 4) is 0 Å². The molecule has 1 aromatic carbocycles. The molecule has 132 valence electrons. The van der Waals surface area contributed by atoms with Gasteiger partial charge in [0.05, 0.1) is 5.92 Å². The minimum absolute atomic E-state index is 0.0455. The summed E-state index contributed by atoms with van der Waals surface area (Å²) in [4.78, 5) is 28.5. The summed E-state index contributed by atoms with van der Waals surface area (Å²) in [5.74, 6) is 0.318. The summed E-state index contributed by atoms with van der Waals surface area (Å²) in [6.07, 6.45) is 0.848. The molecule has 1 aromatic rings. The minimum atomic E-state index is -0.138. The van der Waals surface area contributed by atoms with Crippen LogP contribution >= 0.6 is 11.6 Å². The van der Waals surface area contributed by atoms with E-state index in [1.54, 1.807) is 6.92 Å². The third-order valence-electron chi connectivity index (χ3n) is 4.97. The first-order valence-corrected chi connectivity index (χ1v) is 9.07. The summed E-state index contributed by atoms with van der Waals surface area (Å²) < 4.78 is 0. The highest BCUT2D eigenvalue weighted by molar-refractivity contribution is 6.30. The molecular weight excluding hydrogens is 324 g/mol. The lowest BCUT2D eigenvalue weighted by molar-refractivity contribution is -0.131. The van der Waals surface area contributed by atoms with Gasteiger partial charge < -0.3 is 4.90 Å². The number of Topliss-reactive ketones (excluding diaryl/α,β-unsaturated/α-hetero) is 1. The van der Waals surface area contributed by atoms with Gasteiger partial charge in [-0.2, -0.15) is 0 Å². The predicted octanol–water partition coefficient (Wildman–Crippen LogP) is 3.20. The maximum Gasteiger partial charge on any atom is 0.219 e. The largest absolute Gasteiger partial charge is 0.340 e. The molecule has 5 heteroatoms. The van der Waals surface area contributed by atoms with Gasteiger partial charge in [0.25, 0.3) is 0 Å². The zero-order valence-corrected chi connectivity index (χ0v) is 15.6. The number of halogens is 1. The Morgan fingerprint density at radius 3 is 2.21 bits per heavy atom. The average molecular weight is 351 g/mol. The molecule has 4 nitrogen and oxygen atoms in total. The highest BCUT2D eigenvalue weighted by atomic mass is 35.5. The van der Waals surface area contributed by atoms with E-state index in [1.165, 1.54) is 0 Å². The summed E-state index contributed by atoms with van der Waals surface area (Å²) in [6.45, 7) is 9.47. The number of piperazine rings is 1. The van der Waals surface area contributed by atoms with E-state index in [4.69, 9.17) is 11.6 Å². The smallest absolute Gasteiger partial charge is 0.219 e. The van der Waals surface area contributed by atoms with Crippen LogP contribution in [0.5, 0.6) is 0 Å². The topological polar surface area (TPSA) is 40.6 Å². The number of benzene rings is 1. The van der Waals surface area contributed by atoms with Crippen LogP contribution in [-0.2, 0) is 9.59 Å². The molecule has 0 aliphatic carbocycles. The second kappa shape index (κ2) is 8.63. The van der Waals surface area contributed by atoms with E-state index >= 15 is 0 Å². The van der Waals surface area contributed by atoms with Crippen LogP contribution in [0.3, 0.4) is 0 Å². The number of amides is 1. The number of hydrogen-bond acceptors (Lipinski definition) is 3. The van der Waals surface area contributed by atoms with Gasteiger partial charge in [-0.3, -0.25) is 14.5 Å². The summed E-state index contributed by atoms with van der Waals surface area (Å²) in [5, 5.41) is 0.684. The van der Waals surface area contributed by atoms with E-state index in [0.29, 0.717) is 11.6 Å². The molecule has 1 aliphatic rings. The molecule has 24 heavy (non-hydrogen) atoms. The van der Waals surface area contributed by atoms with Crippen molar-refractivity contribution in [2.24, 2.45) is 5.92 Å². The van der Waals surface area contributed by atoms with E-state index in [1.807, 2.05) is 43.0 Å². The molecule has 1 amide bonds. The molecule has 1 aliphatic heterocycles. The average Bonchev–Trinajstić information content (AvgIpc) is 2.59. The van der Waals surface area contributed by atoms with Crippen LogP contribution in [-0.4, -0.2) is 54.2 Å². The third-order valence-corrected chi connectivity index (χ3v) is 5.22. The Balaban J connectivity index is 2.10. The SMILES string of the molecule is CCC(C)C(=O)[C@H](CN1CCN(C(C)=O)CC1)c1ccc(Cl)cc1. The first-order valence-electron chi connectivity index (χ1n) is 8.69. The van der Waals surface area contributed by atoms with Crippen molar-refractivity contribution in [3.05, 3.63) is 34.9 Å². The van der Waals surface area contributed by atoms with Crippen molar-refractivity contribution >= 4 is 23.3 Å². The van der Waals surface area contributed by atoms with E-state index < -0.39 is 0 Å². The van der Waals surface area contributed by atoms with Gasteiger partial charge >= 0.3 is 0 Å². The molecular formula is C19H27ClN2O2. The number of carbonyl (C=O) groups is 2. The fourth-order valence-corrected chi connectivity index (χ4v) is 3.23. The number of ketones is 1. The van der Waals surface area contributed by atoms with Gasteiger partial charge in [-0.05, 0) is 24.1 Å². The summed E-state index contributed by atoms with van der Waals surface area (Å²) in [5.41, 5.74) is 1.03. The zero-order chi connectivity index (χ0) is 17.7. The first-order chi connectivity index (χ1) is 11.4. The molecule has 1 fully saturated rings. The lowest BCUT2D eigenvalue weighted by Crippen LogP contribution is -2.49. The van der Waals surface area contributed by atoms with Crippen molar-refractivity contribution in [2.75, 3.05) is 32.7 Å². The third kappa shape index (κ3) is 4.81. The predicted molar refractivity (Wildman–Crippen MR) is 97.3 cm³/mol. The summed E-state index contributed by atoms with van der Waals surface area (Å²) >= 11 is 5.99. The molecule has 0 bridgehead atoms. The number of hydrogen-bond donors (Lipinski definition) is 0. The van der Waals surface area contributed by atoms with Gasteiger partial charge in [0.2, 0.25) is 5.91 Å². The van der Waals surface area contributed by atoms with Crippen molar-refractivity contribution in [3.63, 3.8) is 0 Å². The highest BCUT2D eigenvalue weighted by Gasteiger charge is 2.28. The van der Waals surface area contributed by atoms with Crippen LogP contribution in [0.2, 0.25) is 5.02 Å². The molecule has 0 aromatic heterocycles. The van der Waals surface area contributed by atoms with Crippen LogP contribution in [0.4, 0.5) is 0 Å².